The quantitative estimate of drug-likeness (QED) is 0.447. The monoisotopic (exact) mass is 440 g/mol. The van der Waals surface area contributed by atoms with Gasteiger partial charge in [-0.15, -0.1) is 0 Å². The van der Waals surface area contributed by atoms with Gasteiger partial charge in [0.2, 0.25) is 0 Å². The summed E-state index contributed by atoms with van der Waals surface area (Å²) in [4.78, 5) is 13.8. The molecule has 0 spiro atoms. The summed E-state index contributed by atoms with van der Waals surface area (Å²) in [7, 11) is 1.61. The molecule has 0 N–H and O–H groups in total. The maximum Gasteiger partial charge on any atom is 0.161 e. The van der Waals surface area contributed by atoms with Gasteiger partial charge in [-0.25, -0.2) is 4.39 Å². The maximum absolute atomic E-state index is 13.4. The predicted octanol–water partition coefficient (Wildman–Crippen LogP) is 4.76. The van der Waals surface area contributed by atoms with E-state index in [1.807, 2.05) is 18.2 Å². The highest BCUT2D eigenvalue weighted by Crippen LogP contribution is 2.33. The smallest absolute Gasteiger partial charge is 0.161 e. The summed E-state index contributed by atoms with van der Waals surface area (Å²) >= 11 is 0. The Balaban J connectivity index is 1.23. The first kappa shape index (κ1) is 22.3. The van der Waals surface area contributed by atoms with Crippen LogP contribution < -0.4 is 9.47 Å². The van der Waals surface area contributed by atoms with Gasteiger partial charge in [0, 0.05) is 30.3 Å². The van der Waals surface area contributed by atoms with Crippen molar-refractivity contribution in [3.05, 3.63) is 53.5 Å². The molecule has 0 aliphatic carbocycles. The highest BCUT2D eigenvalue weighted by molar-refractivity contribution is 5.81. The lowest BCUT2D eigenvalue weighted by atomic mass is 9.92. The number of likely N-dealkylation sites (tertiary alicyclic amines) is 1. The van der Waals surface area contributed by atoms with E-state index in [1.54, 1.807) is 20.1 Å². The number of aromatic nitrogens is 1. The fourth-order valence-corrected chi connectivity index (χ4v) is 4.35. The zero-order chi connectivity index (χ0) is 22.5. The van der Waals surface area contributed by atoms with Gasteiger partial charge in [0.1, 0.15) is 22.9 Å². The molecule has 1 aliphatic heterocycles. The molecule has 1 aliphatic rings. The maximum atomic E-state index is 13.4. The van der Waals surface area contributed by atoms with Crippen LogP contribution in [-0.2, 0) is 11.2 Å². The van der Waals surface area contributed by atoms with E-state index in [9.17, 15) is 9.18 Å². The highest BCUT2D eigenvalue weighted by atomic mass is 19.1. The largest absolute Gasteiger partial charge is 0.493 e. The average molecular weight is 441 g/mol. The fraction of sp³-hybridized carbons (Fsp3) is 0.440. The molecule has 2 aromatic carbocycles. The standard InChI is InChI=1S/C25H29FN2O4/c1-17(29)14-18-4-7-23(24(15-18)30-2)31-13-3-10-28-11-8-19(9-12-28)25-21-6-5-20(26)16-22(21)27-32-25/h4-7,15-16,19H,3,8-14H2,1-2H3. The van der Waals surface area contributed by atoms with Crippen molar-refractivity contribution in [2.24, 2.45) is 0 Å². The summed E-state index contributed by atoms with van der Waals surface area (Å²) in [6.45, 7) is 5.10. The number of hydrogen-bond acceptors (Lipinski definition) is 6. The zero-order valence-electron chi connectivity index (χ0n) is 18.6. The SMILES string of the molecule is COc1cc(CC(C)=O)ccc1OCCCN1CCC(c2onc3cc(F)ccc23)CC1. The second-order valence-electron chi connectivity index (χ2n) is 8.39. The predicted molar refractivity (Wildman–Crippen MR) is 120 cm³/mol. The van der Waals surface area contributed by atoms with E-state index in [-0.39, 0.29) is 11.6 Å². The number of fused-ring (bicyclic) bond motifs is 1. The minimum Gasteiger partial charge on any atom is -0.493 e. The van der Waals surface area contributed by atoms with Crippen LogP contribution in [0.2, 0.25) is 0 Å². The number of ketones is 1. The third kappa shape index (κ3) is 5.27. The molecule has 0 amide bonds. The number of nitrogens with zero attached hydrogens (tertiary/aromatic N) is 2. The van der Waals surface area contributed by atoms with E-state index in [4.69, 9.17) is 14.0 Å². The van der Waals surface area contributed by atoms with Crippen molar-refractivity contribution in [1.29, 1.82) is 0 Å². The Hall–Kier alpha value is -2.93. The van der Waals surface area contributed by atoms with Gasteiger partial charge >= 0.3 is 0 Å². The molecule has 170 valence electrons. The first-order valence-corrected chi connectivity index (χ1v) is 11.1. The summed E-state index contributed by atoms with van der Waals surface area (Å²) in [5.74, 6) is 2.38. The van der Waals surface area contributed by atoms with Crippen LogP contribution in [0.1, 0.15) is 43.4 Å². The first-order valence-electron chi connectivity index (χ1n) is 11.1. The normalized spacial score (nSPS) is 15.2. The molecule has 1 aromatic heterocycles. The Bertz CT molecular complexity index is 1070. The number of methoxy groups -OCH3 is 1. The molecule has 7 heteroatoms. The summed E-state index contributed by atoms with van der Waals surface area (Å²) < 4.78 is 30.3. The van der Waals surface area contributed by atoms with E-state index in [0.29, 0.717) is 36.0 Å². The third-order valence-electron chi connectivity index (χ3n) is 5.98. The van der Waals surface area contributed by atoms with Crippen molar-refractivity contribution in [3.8, 4) is 11.5 Å². The molecule has 0 bridgehead atoms. The molecule has 0 radical (unpaired) electrons. The molecule has 2 heterocycles. The lowest BCUT2D eigenvalue weighted by Crippen LogP contribution is -2.34. The third-order valence-corrected chi connectivity index (χ3v) is 5.98. The number of benzene rings is 2. The van der Waals surface area contributed by atoms with Crippen molar-refractivity contribution in [3.63, 3.8) is 0 Å². The van der Waals surface area contributed by atoms with Crippen molar-refractivity contribution >= 4 is 16.7 Å². The molecule has 1 saturated heterocycles. The van der Waals surface area contributed by atoms with E-state index >= 15 is 0 Å². The van der Waals surface area contributed by atoms with Crippen LogP contribution in [-0.4, -0.2) is 49.2 Å². The lowest BCUT2D eigenvalue weighted by Gasteiger charge is -2.30. The fourth-order valence-electron chi connectivity index (χ4n) is 4.35. The van der Waals surface area contributed by atoms with Gasteiger partial charge in [0.25, 0.3) is 0 Å². The van der Waals surface area contributed by atoms with Gasteiger partial charge in [-0.05, 0) is 69.1 Å². The first-order chi connectivity index (χ1) is 15.5. The minimum atomic E-state index is -0.293. The minimum absolute atomic E-state index is 0.120. The van der Waals surface area contributed by atoms with Crippen molar-refractivity contribution in [2.75, 3.05) is 33.4 Å². The number of ether oxygens (including phenoxy) is 2. The van der Waals surface area contributed by atoms with E-state index in [1.165, 1.54) is 12.1 Å². The summed E-state index contributed by atoms with van der Waals surface area (Å²) in [5, 5.41) is 4.94. The molecule has 0 unspecified atom stereocenters. The van der Waals surface area contributed by atoms with E-state index in [0.717, 1.165) is 55.6 Å². The average Bonchev–Trinajstić information content (AvgIpc) is 3.20. The Morgan fingerprint density at radius 1 is 1.19 bits per heavy atom. The van der Waals surface area contributed by atoms with Gasteiger partial charge in [0.15, 0.2) is 11.5 Å². The number of carbonyl (C=O) groups is 1. The molecule has 3 aromatic rings. The number of Topliss-reactive ketones (excluding diaryl/α,β-unsaturated/α-hetero) is 1. The molecule has 1 fully saturated rings. The Morgan fingerprint density at radius 2 is 2.00 bits per heavy atom. The van der Waals surface area contributed by atoms with Gasteiger partial charge in [-0.2, -0.15) is 0 Å². The summed E-state index contributed by atoms with van der Waals surface area (Å²) in [6.07, 6.45) is 3.29. The van der Waals surface area contributed by atoms with Gasteiger partial charge in [-0.3, -0.25) is 4.79 Å². The van der Waals surface area contributed by atoms with Crippen LogP contribution in [0.4, 0.5) is 4.39 Å². The van der Waals surface area contributed by atoms with Crippen molar-refractivity contribution in [1.82, 2.24) is 10.1 Å². The second-order valence-corrected chi connectivity index (χ2v) is 8.39. The van der Waals surface area contributed by atoms with Crippen LogP contribution in [0.3, 0.4) is 0 Å². The molecule has 32 heavy (non-hydrogen) atoms. The zero-order valence-corrected chi connectivity index (χ0v) is 18.6. The number of hydrogen-bond donors (Lipinski definition) is 0. The second kappa shape index (κ2) is 10.1. The van der Waals surface area contributed by atoms with Crippen LogP contribution in [0.25, 0.3) is 10.9 Å². The molecule has 6 nitrogen and oxygen atoms in total. The van der Waals surface area contributed by atoms with Crippen molar-refractivity contribution < 1.29 is 23.2 Å². The van der Waals surface area contributed by atoms with Gasteiger partial charge in [0.05, 0.1) is 13.7 Å². The molecule has 0 atom stereocenters. The van der Waals surface area contributed by atoms with Gasteiger partial charge in [-0.1, -0.05) is 11.2 Å². The van der Waals surface area contributed by atoms with Crippen LogP contribution in [0.5, 0.6) is 11.5 Å². The van der Waals surface area contributed by atoms with E-state index < -0.39 is 0 Å². The topological polar surface area (TPSA) is 64.8 Å². The van der Waals surface area contributed by atoms with E-state index in [2.05, 4.69) is 10.1 Å². The van der Waals surface area contributed by atoms with Crippen LogP contribution >= 0.6 is 0 Å². The van der Waals surface area contributed by atoms with Crippen molar-refractivity contribution in [2.45, 2.75) is 38.5 Å². The summed E-state index contributed by atoms with van der Waals surface area (Å²) in [5.41, 5.74) is 1.51. The Kier molecular flexibility index (Phi) is 7.05. The van der Waals surface area contributed by atoms with Crippen LogP contribution in [0, 0.1) is 5.82 Å². The molecule has 0 saturated carbocycles. The number of piperidine rings is 1. The molecular formula is C25H29FN2O4. The van der Waals surface area contributed by atoms with Gasteiger partial charge < -0.3 is 18.9 Å². The number of carbonyl (C=O) groups excluding carboxylic acids is 1. The number of rotatable bonds is 9. The summed E-state index contributed by atoms with van der Waals surface area (Å²) in [6, 6.07) is 10.3. The Morgan fingerprint density at radius 3 is 2.75 bits per heavy atom. The molecular weight excluding hydrogens is 411 g/mol. The van der Waals surface area contributed by atoms with Crippen LogP contribution in [0.15, 0.2) is 40.9 Å². The highest BCUT2D eigenvalue weighted by Gasteiger charge is 2.25. The molecule has 4 rings (SSSR count). The number of halogens is 1. The Labute approximate surface area is 187 Å². The lowest BCUT2D eigenvalue weighted by molar-refractivity contribution is -0.116.